The number of rotatable bonds is 4. The number of amides is 1. The number of aryl methyl sites for hydroxylation is 1. The van der Waals surface area contributed by atoms with E-state index in [1.807, 2.05) is 0 Å². The molecule has 8 nitrogen and oxygen atoms in total. The zero-order valence-electron chi connectivity index (χ0n) is 9.69. The van der Waals surface area contributed by atoms with E-state index in [0.717, 1.165) is 6.07 Å². The van der Waals surface area contributed by atoms with Crippen LogP contribution in [0, 0.1) is 6.92 Å². The summed E-state index contributed by atoms with van der Waals surface area (Å²) in [6.07, 6.45) is 0.175. The van der Waals surface area contributed by atoms with Crippen LogP contribution in [0.15, 0.2) is 35.1 Å². The highest BCUT2D eigenvalue weighted by Gasteiger charge is 2.21. The maximum absolute atomic E-state index is 11.7. The Morgan fingerprint density at radius 2 is 1.95 bits per heavy atom. The van der Waals surface area contributed by atoms with Crippen LogP contribution in [0.25, 0.3) is 0 Å². The summed E-state index contributed by atoms with van der Waals surface area (Å²) in [7, 11) is -4.27. The predicted octanol–water partition coefficient (Wildman–Crippen LogP) is -0.279. The van der Waals surface area contributed by atoms with Gasteiger partial charge in [-0.2, -0.15) is 8.42 Å². The Balaban J connectivity index is 2.99. The van der Waals surface area contributed by atoms with E-state index in [2.05, 4.69) is 4.98 Å². The Bertz CT molecular complexity index is 650. The first-order chi connectivity index (χ1) is 8.72. The number of carbonyl (C=O) groups is 2. The van der Waals surface area contributed by atoms with Crippen LogP contribution < -0.4 is 4.72 Å². The second kappa shape index (κ2) is 5.48. The normalized spacial score (nSPS) is 11.9. The lowest BCUT2D eigenvalue weighted by Gasteiger charge is -2.05. The van der Waals surface area contributed by atoms with Gasteiger partial charge in [0, 0.05) is 5.69 Å². The summed E-state index contributed by atoms with van der Waals surface area (Å²) in [6, 6.07) is 4.14. The van der Waals surface area contributed by atoms with Gasteiger partial charge in [0.25, 0.3) is 15.9 Å². The minimum Gasteiger partial charge on any atom is -0.503 e. The molecule has 3 N–H and O–H groups in total. The first-order valence-electron chi connectivity index (χ1n) is 4.87. The summed E-state index contributed by atoms with van der Waals surface area (Å²) in [5.41, 5.74) is 0.417. The molecule has 0 saturated carbocycles. The van der Waals surface area contributed by atoms with Gasteiger partial charge in [0.1, 0.15) is 0 Å². The van der Waals surface area contributed by atoms with Crippen LogP contribution in [0.2, 0.25) is 0 Å². The van der Waals surface area contributed by atoms with E-state index in [1.165, 1.54) is 10.8 Å². The molecule has 0 saturated heterocycles. The van der Waals surface area contributed by atoms with Crippen molar-refractivity contribution in [3.8, 4) is 0 Å². The van der Waals surface area contributed by atoms with E-state index < -0.39 is 32.7 Å². The van der Waals surface area contributed by atoms with E-state index in [1.54, 1.807) is 13.0 Å². The fourth-order valence-electron chi connectivity index (χ4n) is 1.08. The highest BCUT2D eigenvalue weighted by Crippen LogP contribution is 2.06. The smallest absolute Gasteiger partial charge is 0.332 e. The molecule has 1 aromatic rings. The van der Waals surface area contributed by atoms with Crippen LogP contribution >= 0.6 is 0 Å². The van der Waals surface area contributed by atoms with Crippen molar-refractivity contribution in [1.82, 2.24) is 9.71 Å². The third-order valence-electron chi connectivity index (χ3n) is 1.86. The average molecular weight is 286 g/mol. The number of aliphatic carboxylic acids is 1. The molecule has 0 aliphatic rings. The molecule has 1 rings (SSSR count). The van der Waals surface area contributed by atoms with Crippen LogP contribution in [-0.2, 0) is 19.6 Å². The lowest BCUT2D eigenvalue weighted by Crippen LogP contribution is -2.32. The van der Waals surface area contributed by atoms with Crippen molar-refractivity contribution in [1.29, 1.82) is 0 Å². The fourth-order valence-corrected chi connectivity index (χ4v) is 2.05. The molecule has 102 valence electrons. The van der Waals surface area contributed by atoms with Crippen LogP contribution in [0.5, 0.6) is 0 Å². The topological polar surface area (TPSA) is 134 Å². The number of sulfonamides is 1. The summed E-state index contributed by atoms with van der Waals surface area (Å²) < 4.78 is 24.9. The summed E-state index contributed by atoms with van der Waals surface area (Å²) >= 11 is 0. The number of carbonyl (C=O) groups excluding carboxylic acids is 1. The van der Waals surface area contributed by atoms with E-state index >= 15 is 0 Å². The van der Waals surface area contributed by atoms with Gasteiger partial charge in [0.05, 0.1) is 6.08 Å². The standard InChI is InChI=1S/C10H10N2O6S/c1-6-3-2-4-8(11-6)19(17,18)12-10(16)7(13)5-9(14)15/h2-5,13H,1H3,(H,12,16)(H,14,15). The zero-order valence-corrected chi connectivity index (χ0v) is 10.5. The van der Waals surface area contributed by atoms with Gasteiger partial charge in [0.2, 0.25) is 0 Å². The summed E-state index contributed by atoms with van der Waals surface area (Å²) in [5, 5.41) is 16.9. The number of carboxylic acids is 1. The molecule has 9 heteroatoms. The Hall–Kier alpha value is -2.42. The van der Waals surface area contributed by atoms with Crippen molar-refractivity contribution in [3.63, 3.8) is 0 Å². The van der Waals surface area contributed by atoms with Crippen LogP contribution in [0.3, 0.4) is 0 Å². The molecule has 0 spiro atoms. The maximum Gasteiger partial charge on any atom is 0.332 e. The highest BCUT2D eigenvalue weighted by atomic mass is 32.2. The van der Waals surface area contributed by atoms with Crippen molar-refractivity contribution in [2.45, 2.75) is 11.9 Å². The lowest BCUT2D eigenvalue weighted by molar-refractivity contribution is -0.132. The quantitative estimate of drug-likeness (QED) is 0.512. The van der Waals surface area contributed by atoms with Crippen LogP contribution in [-0.4, -0.2) is 35.5 Å². The minimum atomic E-state index is -4.27. The van der Waals surface area contributed by atoms with E-state index in [-0.39, 0.29) is 6.08 Å². The molecule has 0 aliphatic heterocycles. The predicted molar refractivity (Wildman–Crippen MR) is 62.7 cm³/mol. The lowest BCUT2D eigenvalue weighted by atomic mass is 10.4. The number of carboxylic acid groups (broad SMARTS) is 1. The maximum atomic E-state index is 11.7. The fraction of sp³-hybridized carbons (Fsp3) is 0.100. The molecule has 0 aliphatic carbocycles. The highest BCUT2D eigenvalue weighted by molar-refractivity contribution is 7.90. The van der Waals surface area contributed by atoms with Crippen molar-refractivity contribution in [2.75, 3.05) is 0 Å². The third-order valence-corrected chi connectivity index (χ3v) is 3.09. The second-order valence-corrected chi connectivity index (χ2v) is 5.05. The second-order valence-electron chi connectivity index (χ2n) is 3.42. The molecule has 1 heterocycles. The molecule has 0 bridgehead atoms. The molecule has 19 heavy (non-hydrogen) atoms. The van der Waals surface area contributed by atoms with Gasteiger partial charge in [-0.1, -0.05) is 6.07 Å². The Morgan fingerprint density at radius 1 is 1.32 bits per heavy atom. The van der Waals surface area contributed by atoms with Crippen molar-refractivity contribution in [2.24, 2.45) is 0 Å². The molecule has 0 aromatic carbocycles. The van der Waals surface area contributed by atoms with Gasteiger partial charge in [0.15, 0.2) is 10.8 Å². The van der Waals surface area contributed by atoms with Crippen molar-refractivity contribution < 1.29 is 28.2 Å². The number of nitrogens with zero attached hydrogens (tertiary/aromatic N) is 1. The molecule has 0 atom stereocenters. The molecule has 1 aromatic heterocycles. The average Bonchev–Trinajstić information content (AvgIpc) is 2.27. The van der Waals surface area contributed by atoms with Crippen LogP contribution in [0.1, 0.15) is 5.69 Å². The number of aliphatic hydroxyl groups is 1. The first kappa shape index (κ1) is 14.6. The van der Waals surface area contributed by atoms with Gasteiger partial charge >= 0.3 is 5.97 Å². The summed E-state index contributed by atoms with van der Waals surface area (Å²) in [5.74, 6) is -4.27. The van der Waals surface area contributed by atoms with Gasteiger partial charge in [-0.25, -0.2) is 14.5 Å². The van der Waals surface area contributed by atoms with Gasteiger partial charge < -0.3 is 10.2 Å². The third kappa shape index (κ3) is 4.07. The molecule has 1 amide bonds. The Labute approximate surface area is 108 Å². The molecular weight excluding hydrogens is 276 g/mol. The Morgan fingerprint density at radius 3 is 2.47 bits per heavy atom. The SMILES string of the molecule is Cc1cccc(S(=O)(=O)NC(=O)C(O)=CC(=O)O)n1. The summed E-state index contributed by atoms with van der Waals surface area (Å²) in [6.45, 7) is 1.56. The first-order valence-corrected chi connectivity index (χ1v) is 6.35. The van der Waals surface area contributed by atoms with E-state index in [0.29, 0.717) is 5.69 Å². The summed E-state index contributed by atoms with van der Waals surface area (Å²) in [4.78, 5) is 25.2. The number of aromatic nitrogens is 1. The van der Waals surface area contributed by atoms with Crippen molar-refractivity contribution in [3.05, 3.63) is 35.7 Å². The molecule has 0 fully saturated rings. The van der Waals surface area contributed by atoms with Crippen LogP contribution in [0.4, 0.5) is 0 Å². The largest absolute Gasteiger partial charge is 0.503 e. The van der Waals surface area contributed by atoms with Gasteiger partial charge in [-0.15, -0.1) is 0 Å². The van der Waals surface area contributed by atoms with Gasteiger partial charge in [-0.3, -0.25) is 4.79 Å². The molecule has 0 unspecified atom stereocenters. The van der Waals surface area contributed by atoms with Gasteiger partial charge in [-0.05, 0) is 19.1 Å². The number of pyridine rings is 1. The molecular formula is C10H10N2O6S. The number of hydrogen-bond acceptors (Lipinski definition) is 6. The van der Waals surface area contributed by atoms with E-state index in [9.17, 15) is 18.0 Å². The van der Waals surface area contributed by atoms with E-state index in [4.69, 9.17) is 10.2 Å². The number of hydrogen-bond donors (Lipinski definition) is 3. The number of nitrogens with one attached hydrogen (secondary N) is 1. The Kier molecular flexibility index (Phi) is 4.22. The van der Waals surface area contributed by atoms with Crippen molar-refractivity contribution >= 4 is 21.9 Å². The number of aliphatic hydroxyl groups excluding tert-OH is 1. The molecule has 0 radical (unpaired) electrons. The monoisotopic (exact) mass is 286 g/mol. The zero-order chi connectivity index (χ0) is 14.6. The minimum absolute atomic E-state index is 0.175.